The number of para-hydroxylation sites is 1. The van der Waals surface area contributed by atoms with Gasteiger partial charge in [-0.3, -0.25) is 4.68 Å². The minimum Gasteiger partial charge on any atom is -0.509 e. The zero-order valence-corrected chi connectivity index (χ0v) is 27.9. The summed E-state index contributed by atoms with van der Waals surface area (Å²) < 4.78 is 24.6. The summed E-state index contributed by atoms with van der Waals surface area (Å²) in [5.74, 6) is 1.20. The third-order valence-electron chi connectivity index (χ3n) is 7.99. The number of hydrogen-bond donors (Lipinski definition) is 0. The predicted octanol–water partition coefficient (Wildman–Crippen LogP) is 9.48. The average Bonchev–Trinajstić information content (AvgIpc) is 3.49. The minimum atomic E-state index is -0.353. The number of aromatic nitrogens is 4. The van der Waals surface area contributed by atoms with Crippen LogP contribution in [0.25, 0.3) is 44.4 Å². The summed E-state index contributed by atoms with van der Waals surface area (Å²) in [5, 5.41) is 6.93. The molecule has 0 fully saturated rings. The summed E-state index contributed by atoms with van der Waals surface area (Å²) in [7, 11) is 0. The van der Waals surface area contributed by atoms with Gasteiger partial charge in [-0.2, -0.15) is 11.2 Å². The van der Waals surface area contributed by atoms with Crippen LogP contribution in [0.1, 0.15) is 37.7 Å². The Hall–Kier alpha value is -4.54. The van der Waals surface area contributed by atoms with Crippen LogP contribution in [0.3, 0.4) is 0 Å². The molecule has 0 saturated heterocycles. The van der Waals surface area contributed by atoms with Gasteiger partial charge in [0.2, 0.25) is 0 Å². The second kappa shape index (κ2) is 11.8. The summed E-state index contributed by atoms with van der Waals surface area (Å²) in [6.07, 6.45) is 1.47. The third-order valence-corrected chi connectivity index (χ3v) is 7.99. The maximum atomic E-state index is 14.3. The average molecular weight is 774 g/mol. The second-order valence-electron chi connectivity index (χ2n) is 12.1. The predicted molar refractivity (Wildman–Crippen MR) is 173 cm³/mol. The van der Waals surface area contributed by atoms with E-state index in [0.717, 1.165) is 55.6 Å². The molecule has 0 spiro atoms. The summed E-state index contributed by atoms with van der Waals surface area (Å²) >= 11 is 0. The molecule has 3 heterocycles. The van der Waals surface area contributed by atoms with Crippen LogP contribution < -0.4 is 4.74 Å². The molecule has 0 radical (unpaired) electrons. The zero-order chi connectivity index (χ0) is 30.6. The molecule has 0 atom stereocenters. The van der Waals surface area contributed by atoms with Crippen LogP contribution in [0.4, 0.5) is 4.39 Å². The van der Waals surface area contributed by atoms with Crippen molar-refractivity contribution < 1.29 is 30.2 Å². The molecule has 0 saturated carbocycles. The van der Waals surface area contributed by atoms with E-state index >= 15 is 0 Å². The van der Waals surface area contributed by atoms with Crippen molar-refractivity contribution in [2.24, 2.45) is 0 Å². The number of pyridine rings is 1. The number of aryl methyl sites for hydroxylation is 1. The molecule has 45 heavy (non-hydrogen) atoms. The first-order valence-corrected chi connectivity index (χ1v) is 14.6. The number of benzene rings is 4. The Morgan fingerprint density at radius 1 is 0.800 bits per heavy atom. The Labute approximate surface area is 276 Å². The Morgan fingerprint density at radius 3 is 2.31 bits per heavy atom. The topological polar surface area (TPSA) is 44.9 Å². The van der Waals surface area contributed by atoms with Gasteiger partial charge in [-0.1, -0.05) is 74.8 Å². The molecule has 3 aromatic heterocycles. The van der Waals surface area contributed by atoms with Crippen LogP contribution in [-0.2, 0) is 26.5 Å². The molecule has 226 valence electrons. The molecule has 4 aromatic carbocycles. The molecule has 7 rings (SSSR count). The molecule has 7 heteroatoms. The van der Waals surface area contributed by atoms with Crippen LogP contribution in [-0.4, -0.2) is 19.3 Å². The Balaban J connectivity index is 0.00000357. The standard InChI is InChI=1S/C38H31FN4O.Pt/c1-24-37(26-11-7-6-8-12-26)25(2)43(41-24)29-19-27(38(3,4)5)20-31(22-29)44-30-15-16-33-32-13-9-10-14-34(32)42(35(33)23-30)36-21-28(39)17-18-40-36;/h6-21H,1-5H3;/q-2;+2. The molecule has 0 unspecified atom stereocenters. The number of ether oxygens (including phenoxy) is 1. The number of nitrogens with zero attached hydrogens (tertiary/aromatic N) is 4. The van der Waals surface area contributed by atoms with Crippen molar-refractivity contribution in [3.8, 4) is 34.1 Å². The summed E-state index contributed by atoms with van der Waals surface area (Å²) in [5.41, 5.74) is 7.62. The molecule has 0 N–H and O–H groups in total. The van der Waals surface area contributed by atoms with Gasteiger partial charge in [0.05, 0.1) is 5.69 Å². The number of hydrogen-bond acceptors (Lipinski definition) is 3. The fourth-order valence-corrected chi connectivity index (χ4v) is 5.84. The van der Waals surface area contributed by atoms with Crippen molar-refractivity contribution in [3.05, 3.63) is 132 Å². The number of halogens is 1. The Bertz CT molecular complexity index is 2180. The van der Waals surface area contributed by atoms with Crippen LogP contribution in [0.2, 0.25) is 0 Å². The van der Waals surface area contributed by atoms with Gasteiger partial charge in [0.25, 0.3) is 0 Å². The van der Waals surface area contributed by atoms with Crippen LogP contribution >= 0.6 is 0 Å². The Kier molecular flexibility index (Phi) is 7.96. The Morgan fingerprint density at radius 2 is 1.56 bits per heavy atom. The van der Waals surface area contributed by atoms with E-state index in [1.807, 2.05) is 76.8 Å². The molecular formula is C38H31FN4OPt. The van der Waals surface area contributed by atoms with Gasteiger partial charge < -0.3 is 9.30 Å². The first-order valence-electron chi connectivity index (χ1n) is 14.6. The molecule has 0 bridgehead atoms. The molecule has 0 aliphatic carbocycles. The largest absolute Gasteiger partial charge is 2.00 e. The van der Waals surface area contributed by atoms with Crippen molar-refractivity contribution in [3.63, 3.8) is 0 Å². The third kappa shape index (κ3) is 5.60. The van der Waals surface area contributed by atoms with Crippen molar-refractivity contribution >= 4 is 21.8 Å². The van der Waals surface area contributed by atoms with Gasteiger partial charge in [0.1, 0.15) is 11.6 Å². The maximum Gasteiger partial charge on any atom is 2.00 e. The van der Waals surface area contributed by atoms with Gasteiger partial charge >= 0.3 is 21.1 Å². The monoisotopic (exact) mass is 773 g/mol. The van der Waals surface area contributed by atoms with E-state index in [2.05, 4.69) is 63.0 Å². The summed E-state index contributed by atoms with van der Waals surface area (Å²) in [6.45, 7) is 10.6. The summed E-state index contributed by atoms with van der Waals surface area (Å²) in [6, 6.07) is 36.1. The van der Waals surface area contributed by atoms with E-state index in [1.54, 1.807) is 0 Å². The summed E-state index contributed by atoms with van der Waals surface area (Å²) in [4.78, 5) is 4.47. The molecule has 0 aliphatic rings. The van der Waals surface area contributed by atoms with Gasteiger partial charge in [-0.15, -0.1) is 41.3 Å². The minimum absolute atomic E-state index is 0. The normalized spacial score (nSPS) is 11.6. The number of fused-ring (bicyclic) bond motifs is 3. The second-order valence-corrected chi connectivity index (χ2v) is 12.1. The van der Waals surface area contributed by atoms with Crippen LogP contribution in [0.5, 0.6) is 11.5 Å². The molecule has 0 aliphatic heterocycles. The van der Waals surface area contributed by atoms with Crippen LogP contribution in [0.15, 0.2) is 97.2 Å². The van der Waals surface area contributed by atoms with Gasteiger partial charge in [0.15, 0.2) is 0 Å². The SMILES string of the molecule is Cc1nn(-c2[c-]c(Oc3[c-]c4c(cc3)c3ccccc3n4-c3cc(F)ccn3)cc(C(C)(C)C)c2)c(C)c1-c1ccccc1.[Pt+2]. The van der Waals surface area contributed by atoms with E-state index in [-0.39, 0.29) is 32.3 Å². The van der Waals surface area contributed by atoms with E-state index in [1.165, 1.54) is 18.3 Å². The number of rotatable bonds is 5. The van der Waals surface area contributed by atoms with E-state index < -0.39 is 0 Å². The van der Waals surface area contributed by atoms with E-state index in [9.17, 15) is 4.39 Å². The molecule has 7 aromatic rings. The van der Waals surface area contributed by atoms with Crippen molar-refractivity contribution in [2.75, 3.05) is 0 Å². The first-order chi connectivity index (χ1) is 21.2. The maximum absolute atomic E-state index is 14.3. The molecule has 0 amide bonds. The van der Waals surface area contributed by atoms with Gasteiger partial charge in [-0.25, -0.2) is 9.37 Å². The van der Waals surface area contributed by atoms with Gasteiger partial charge in [0, 0.05) is 40.5 Å². The van der Waals surface area contributed by atoms with Crippen LogP contribution in [0, 0.1) is 31.8 Å². The smallest absolute Gasteiger partial charge is 0.509 e. The fourth-order valence-electron chi connectivity index (χ4n) is 5.84. The fraction of sp³-hybridized carbons (Fsp3) is 0.158. The van der Waals surface area contributed by atoms with Crippen molar-refractivity contribution in [1.82, 2.24) is 19.3 Å². The molecule has 5 nitrogen and oxygen atoms in total. The quantitative estimate of drug-likeness (QED) is 0.164. The first kappa shape index (κ1) is 30.5. The van der Waals surface area contributed by atoms with Crippen molar-refractivity contribution in [2.45, 2.75) is 40.0 Å². The molecular weight excluding hydrogens is 743 g/mol. The van der Waals surface area contributed by atoms with Crippen molar-refractivity contribution in [1.29, 1.82) is 0 Å². The van der Waals surface area contributed by atoms with Gasteiger partial charge in [-0.05, 0) is 48.0 Å². The zero-order valence-electron chi connectivity index (χ0n) is 25.6. The van der Waals surface area contributed by atoms with E-state index in [0.29, 0.717) is 17.3 Å². The van der Waals surface area contributed by atoms with E-state index in [4.69, 9.17) is 9.84 Å².